The van der Waals surface area contributed by atoms with Gasteiger partial charge < -0.3 is 4.74 Å². The molecule has 1 aromatic carbocycles. The number of hydrogen-bond acceptors (Lipinski definition) is 1. The van der Waals surface area contributed by atoms with Gasteiger partial charge in [-0.3, -0.25) is 0 Å². The normalized spacial score (nSPS) is 13.5. The maximum atomic E-state index is 5.75. The van der Waals surface area contributed by atoms with Crippen molar-refractivity contribution in [2.45, 2.75) is 27.2 Å². The molecule has 0 N–H and O–H groups in total. The Balaban J connectivity index is 2.39. The van der Waals surface area contributed by atoms with E-state index >= 15 is 0 Å². The molecule has 0 saturated carbocycles. The second-order valence-corrected chi connectivity index (χ2v) is 6.87. The van der Waals surface area contributed by atoms with Gasteiger partial charge in [-0.1, -0.05) is 52.6 Å². The van der Waals surface area contributed by atoms with Crippen LogP contribution in [0.15, 0.2) is 28.7 Å². The molecule has 1 rings (SSSR count). The molecule has 0 fully saturated rings. The molecule has 0 radical (unpaired) electrons. The lowest BCUT2D eigenvalue weighted by Crippen LogP contribution is -2.23. The second-order valence-electron chi connectivity index (χ2n) is 5.31. The number of ether oxygens (including phenoxy) is 1. The number of hydrogen-bond donors (Lipinski definition) is 0. The summed E-state index contributed by atoms with van der Waals surface area (Å²) in [6.07, 6.45) is 1.07. The van der Waals surface area contributed by atoms with Crippen LogP contribution < -0.4 is 4.74 Å². The van der Waals surface area contributed by atoms with Gasteiger partial charge >= 0.3 is 0 Å². The van der Waals surface area contributed by atoms with E-state index in [1.54, 1.807) is 0 Å². The zero-order valence-electron chi connectivity index (χ0n) is 10.7. The van der Waals surface area contributed by atoms with Gasteiger partial charge in [-0.15, -0.1) is 0 Å². The van der Waals surface area contributed by atoms with Gasteiger partial charge in [0.1, 0.15) is 5.75 Å². The van der Waals surface area contributed by atoms with E-state index in [9.17, 15) is 0 Å². The average Bonchev–Trinajstić information content (AvgIpc) is 2.25. The predicted molar refractivity (Wildman–Crippen MR) is 81.0 cm³/mol. The summed E-state index contributed by atoms with van der Waals surface area (Å²) in [5.41, 5.74) is 0.326. The standard InChI is InChI=1S/C14H20Br2O/c1-14(2,3)11(10-15)8-9-17-13-6-4-12(16)5-7-13/h4-7,11H,8-10H2,1-3H3. The monoisotopic (exact) mass is 362 g/mol. The van der Waals surface area contributed by atoms with Crippen molar-refractivity contribution in [3.63, 3.8) is 0 Å². The van der Waals surface area contributed by atoms with Crippen molar-refractivity contribution in [1.82, 2.24) is 0 Å². The quantitative estimate of drug-likeness (QED) is 0.647. The molecule has 0 aliphatic rings. The van der Waals surface area contributed by atoms with Gasteiger partial charge in [-0.2, -0.15) is 0 Å². The summed E-state index contributed by atoms with van der Waals surface area (Å²) >= 11 is 7.00. The van der Waals surface area contributed by atoms with Crippen LogP contribution >= 0.6 is 31.9 Å². The molecule has 1 aromatic rings. The van der Waals surface area contributed by atoms with E-state index in [0.717, 1.165) is 28.6 Å². The van der Waals surface area contributed by atoms with Crippen LogP contribution in [0, 0.1) is 11.3 Å². The average molecular weight is 364 g/mol. The lowest BCUT2D eigenvalue weighted by atomic mass is 9.80. The molecule has 1 unspecified atom stereocenters. The molecular weight excluding hydrogens is 344 g/mol. The highest BCUT2D eigenvalue weighted by molar-refractivity contribution is 9.10. The molecule has 0 heterocycles. The van der Waals surface area contributed by atoms with Gasteiger partial charge in [0, 0.05) is 9.80 Å². The zero-order chi connectivity index (χ0) is 12.9. The van der Waals surface area contributed by atoms with Crippen LogP contribution in [0.2, 0.25) is 0 Å². The van der Waals surface area contributed by atoms with Crippen LogP contribution in [0.25, 0.3) is 0 Å². The maximum Gasteiger partial charge on any atom is 0.119 e. The Bertz CT molecular complexity index is 327. The molecule has 0 spiro atoms. The summed E-state index contributed by atoms with van der Waals surface area (Å²) in [5, 5.41) is 1.03. The van der Waals surface area contributed by atoms with Gasteiger partial charge in [-0.25, -0.2) is 0 Å². The van der Waals surface area contributed by atoms with Gasteiger partial charge in [0.25, 0.3) is 0 Å². The number of rotatable bonds is 5. The molecule has 17 heavy (non-hydrogen) atoms. The molecular formula is C14H20Br2O. The fourth-order valence-electron chi connectivity index (χ4n) is 1.59. The van der Waals surface area contributed by atoms with Crippen molar-refractivity contribution in [2.24, 2.45) is 11.3 Å². The van der Waals surface area contributed by atoms with E-state index in [4.69, 9.17) is 4.74 Å². The minimum Gasteiger partial charge on any atom is -0.494 e. The van der Waals surface area contributed by atoms with Crippen LogP contribution in [0.3, 0.4) is 0 Å². The Morgan fingerprint density at radius 1 is 1.18 bits per heavy atom. The first-order chi connectivity index (χ1) is 7.93. The molecule has 0 saturated heterocycles. The number of alkyl halides is 1. The van der Waals surface area contributed by atoms with E-state index in [1.807, 2.05) is 24.3 Å². The predicted octanol–water partition coefficient (Wildman–Crippen LogP) is 5.28. The van der Waals surface area contributed by atoms with E-state index in [1.165, 1.54) is 0 Å². The molecule has 0 aliphatic heterocycles. The zero-order valence-corrected chi connectivity index (χ0v) is 13.8. The maximum absolute atomic E-state index is 5.75. The van der Waals surface area contributed by atoms with Crippen LogP contribution in [-0.4, -0.2) is 11.9 Å². The van der Waals surface area contributed by atoms with Crippen molar-refractivity contribution < 1.29 is 4.74 Å². The number of halogens is 2. The van der Waals surface area contributed by atoms with E-state index in [0.29, 0.717) is 11.3 Å². The summed E-state index contributed by atoms with van der Waals surface area (Å²) in [6, 6.07) is 7.98. The third-order valence-corrected chi connectivity index (χ3v) is 4.27. The third-order valence-electron chi connectivity index (χ3n) is 2.96. The van der Waals surface area contributed by atoms with Crippen LogP contribution in [-0.2, 0) is 0 Å². The Morgan fingerprint density at radius 3 is 2.24 bits per heavy atom. The Labute approximate surface area is 121 Å². The first kappa shape index (κ1) is 15.0. The molecule has 0 aliphatic carbocycles. The van der Waals surface area contributed by atoms with Crippen molar-refractivity contribution in [3.05, 3.63) is 28.7 Å². The second kappa shape index (κ2) is 6.79. The minimum absolute atomic E-state index is 0.326. The van der Waals surface area contributed by atoms with Crippen molar-refractivity contribution >= 4 is 31.9 Å². The summed E-state index contributed by atoms with van der Waals surface area (Å²) in [6.45, 7) is 7.60. The first-order valence-electron chi connectivity index (χ1n) is 5.88. The highest BCUT2D eigenvalue weighted by Gasteiger charge is 2.23. The Hall–Kier alpha value is -0.0200. The summed E-state index contributed by atoms with van der Waals surface area (Å²) in [7, 11) is 0. The van der Waals surface area contributed by atoms with Gasteiger partial charge in [0.05, 0.1) is 6.61 Å². The highest BCUT2D eigenvalue weighted by Crippen LogP contribution is 2.30. The third kappa shape index (κ3) is 5.43. The van der Waals surface area contributed by atoms with Crippen molar-refractivity contribution in [2.75, 3.05) is 11.9 Å². The summed E-state index contributed by atoms with van der Waals surface area (Å²) < 4.78 is 6.83. The molecule has 0 aromatic heterocycles. The molecule has 1 atom stereocenters. The Kier molecular flexibility index (Phi) is 6.01. The first-order valence-corrected chi connectivity index (χ1v) is 7.79. The largest absolute Gasteiger partial charge is 0.494 e. The fourth-order valence-corrected chi connectivity index (χ4v) is 3.15. The molecule has 3 heteroatoms. The topological polar surface area (TPSA) is 9.23 Å². The molecule has 1 nitrogen and oxygen atoms in total. The van der Waals surface area contributed by atoms with Crippen LogP contribution in [0.4, 0.5) is 0 Å². The lowest BCUT2D eigenvalue weighted by molar-refractivity contribution is 0.203. The summed E-state index contributed by atoms with van der Waals surface area (Å²) in [4.78, 5) is 0. The highest BCUT2D eigenvalue weighted by atomic mass is 79.9. The SMILES string of the molecule is CC(C)(C)C(CBr)CCOc1ccc(Br)cc1. The van der Waals surface area contributed by atoms with E-state index in [-0.39, 0.29) is 0 Å². The van der Waals surface area contributed by atoms with E-state index < -0.39 is 0 Å². The van der Waals surface area contributed by atoms with Gasteiger partial charge in [-0.05, 0) is 42.0 Å². The minimum atomic E-state index is 0.326. The van der Waals surface area contributed by atoms with Crippen LogP contribution in [0.1, 0.15) is 27.2 Å². The van der Waals surface area contributed by atoms with E-state index in [2.05, 4.69) is 52.6 Å². The Morgan fingerprint density at radius 2 is 1.76 bits per heavy atom. The van der Waals surface area contributed by atoms with Gasteiger partial charge in [0.15, 0.2) is 0 Å². The number of benzene rings is 1. The fraction of sp³-hybridized carbons (Fsp3) is 0.571. The molecule has 96 valence electrons. The molecule has 0 bridgehead atoms. The lowest BCUT2D eigenvalue weighted by Gasteiger charge is -2.29. The van der Waals surface area contributed by atoms with Gasteiger partial charge in [0.2, 0.25) is 0 Å². The molecule has 0 amide bonds. The van der Waals surface area contributed by atoms with Crippen molar-refractivity contribution in [1.29, 1.82) is 0 Å². The smallest absolute Gasteiger partial charge is 0.119 e. The summed E-state index contributed by atoms with van der Waals surface area (Å²) in [5.74, 6) is 1.58. The van der Waals surface area contributed by atoms with Crippen molar-refractivity contribution in [3.8, 4) is 5.75 Å². The van der Waals surface area contributed by atoms with Crippen LogP contribution in [0.5, 0.6) is 5.75 Å².